The molecule has 1 N–H and O–H groups in total. The van der Waals surface area contributed by atoms with E-state index in [4.69, 9.17) is 0 Å². The summed E-state index contributed by atoms with van der Waals surface area (Å²) >= 11 is 3.98. The van der Waals surface area contributed by atoms with Gasteiger partial charge in [0.25, 0.3) is 0 Å². The summed E-state index contributed by atoms with van der Waals surface area (Å²) in [4.78, 5) is 0. The molecule has 0 radical (unpaired) electrons. The zero-order chi connectivity index (χ0) is 5.54. The predicted molar refractivity (Wildman–Crippen MR) is 36.8 cm³/mol. The summed E-state index contributed by atoms with van der Waals surface area (Å²) in [6.07, 6.45) is 2.53. The number of unbranched alkanes of at least 4 members (excludes halogenated alkanes) is 1. The van der Waals surface area contributed by atoms with E-state index in [0.717, 1.165) is 12.4 Å². The zero-order valence-electron chi connectivity index (χ0n) is 4.78. The summed E-state index contributed by atoms with van der Waals surface area (Å²) < 4.78 is 0. The lowest BCUT2D eigenvalue weighted by molar-refractivity contribution is 0.701. The van der Waals surface area contributed by atoms with Gasteiger partial charge in [0, 0.05) is 5.88 Å². The molecule has 0 saturated heterocycles. The molecule has 0 aromatic rings. The lowest BCUT2D eigenvalue weighted by Gasteiger charge is -1.94. The Balaban J connectivity index is 2.45. The van der Waals surface area contributed by atoms with Crippen molar-refractivity contribution < 1.29 is 0 Å². The third-order valence-electron chi connectivity index (χ3n) is 0.819. The molecule has 0 aromatic heterocycles. The Hall–Kier alpha value is 0.310. The second kappa shape index (κ2) is 6.31. The smallest absolute Gasteiger partial charge is 0.0387 e. The third-order valence-corrected chi connectivity index (χ3v) is 1.04. The van der Waals surface area contributed by atoms with Crippen molar-refractivity contribution in [3.05, 3.63) is 0 Å². The van der Waals surface area contributed by atoms with Gasteiger partial charge in [-0.15, -0.1) is 0 Å². The first kappa shape index (κ1) is 7.31. The number of hydrogen-bond donors (Lipinski definition) is 2. The third kappa shape index (κ3) is 6.31. The number of nitrogens with one attached hydrogen (secondary N) is 1. The number of hydrogen-bond acceptors (Lipinski definition) is 2. The van der Waals surface area contributed by atoms with E-state index in [1.54, 1.807) is 0 Å². The van der Waals surface area contributed by atoms with Crippen LogP contribution in [0.1, 0.15) is 19.8 Å². The maximum atomic E-state index is 3.98. The lowest BCUT2D eigenvalue weighted by Crippen LogP contribution is -2.11. The van der Waals surface area contributed by atoms with Gasteiger partial charge in [0.1, 0.15) is 0 Å². The Bertz CT molecular complexity index is 27.3. The van der Waals surface area contributed by atoms with Crippen molar-refractivity contribution in [2.45, 2.75) is 19.8 Å². The molecule has 44 valence electrons. The molecule has 0 unspecified atom stereocenters. The Morgan fingerprint density at radius 1 is 1.57 bits per heavy atom. The van der Waals surface area contributed by atoms with Crippen LogP contribution < -0.4 is 5.32 Å². The van der Waals surface area contributed by atoms with Crippen molar-refractivity contribution in [3.63, 3.8) is 0 Å². The average Bonchev–Trinajstić information content (AvgIpc) is 1.69. The molecule has 0 rings (SSSR count). The molecule has 0 atom stereocenters. The molecule has 0 spiro atoms. The van der Waals surface area contributed by atoms with Crippen LogP contribution in [0.2, 0.25) is 0 Å². The molecule has 0 aliphatic carbocycles. The maximum absolute atomic E-state index is 3.98. The first-order valence-electron chi connectivity index (χ1n) is 2.73. The monoisotopic (exact) mass is 119 g/mol. The van der Waals surface area contributed by atoms with E-state index in [1.807, 2.05) is 0 Å². The molecule has 0 saturated carbocycles. The molecule has 1 nitrogen and oxygen atoms in total. The predicted octanol–water partition coefficient (Wildman–Crippen LogP) is 1.26. The quantitative estimate of drug-likeness (QED) is 0.322. The standard InChI is InChI=1S/C5H13NS/c1-2-3-4-6-5-7/h6-7H,2-5H2,1H3. The molecule has 7 heavy (non-hydrogen) atoms. The van der Waals surface area contributed by atoms with Crippen molar-refractivity contribution >= 4 is 12.6 Å². The van der Waals surface area contributed by atoms with Gasteiger partial charge >= 0.3 is 0 Å². The van der Waals surface area contributed by atoms with Crippen LogP contribution in [0.5, 0.6) is 0 Å². The van der Waals surface area contributed by atoms with E-state index in [9.17, 15) is 0 Å². The van der Waals surface area contributed by atoms with E-state index in [-0.39, 0.29) is 0 Å². The van der Waals surface area contributed by atoms with E-state index in [2.05, 4.69) is 24.9 Å². The van der Waals surface area contributed by atoms with Crippen molar-refractivity contribution in [2.24, 2.45) is 0 Å². The van der Waals surface area contributed by atoms with Gasteiger partial charge in [-0.2, -0.15) is 12.6 Å². The SMILES string of the molecule is CCCCNCS. The Kier molecular flexibility index (Phi) is 6.59. The second-order valence-electron chi connectivity index (χ2n) is 1.51. The van der Waals surface area contributed by atoms with E-state index in [1.165, 1.54) is 12.8 Å². The summed E-state index contributed by atoms with van der Waals surface area (Å²) in [6.45, 7) is 3.29. The van der Waals surface area contributed by atoms with Gasteiger partial charge in [-0.3, -0.25) is 0 Å². The molecular formula is C5H13NS. The molecule has 0 aliphatic heterocycles. The van der Waals surface area contributed by atoms with Gasteiger partial charge in [0.05, 0.1) is 0 Å². The van der Waals surface area contributed by atoms with Crippen LogP contribution in [0.4, 0.5) is 0 Å². The van der Waals surface area contributed by atoms with E-state index in [0.29, 0.717) is 0 Å². The molecule has 0 aliphatic rings. The fourth-order valence-corrected chi connectivity index (χ4v) is 0.539. The molecular weight excluding hydrogens is 106 g/mol. The highest BCUT2D eigenvalue weighted by Crippen LogP contribution is 1.81. The summed E-state index contributed by atoms with van der Waals surface area (Å²) in [5.74, 6) is 0.806. The first-order chi connectivity index (χ1) is 3.41. The second-order valence-corrected chi connectivity index (χ2v) is 1.83. The minimum absolute atomic E-state index is 0.806. The minimum atomic E-state index is 0.806. The Morgan fingerprint density at radius 3 is 2.71 bits per heavy atom. The van der Waals surface area contributed by atoms with Crippen LogP contribution in [0, 0.1) is 0 Å². The molecule has 0 fully saturated rings. The Labute approximate surface area is 50.9 Å². The van der Waals surface area contributed by atoms with Gasteiger partial charge in [0.2, 0.25) is 0 Å². The lowest BCUT2D eigenvalue weighted by atomic mass is 10.3. The average molecular weight is 119 g/mol. The highest BCUT2D eigenvalue weighted by Gasteiger charge is 1.77. The Morgan fingerprint density at radius 2 is 2.29 bits per heavy atom. The van der Waals surface area contributed by atoms with Crippen molar-refractivity contribution in [1.82, 2.24) is 5.32 Å². The molecule has 0 aromatic carbocycles. The molecule has 2 heteroatoms. The topological polar surface area (TPSA) is 12.0 Å². The maximum Gasteiger partial charge on any atom is 0.0387 e. The van der Waals surface area contributed by atoms with Gasteiger partial charge in [-0.25, -0.2) is 0 Å². The van der Waals surface area contributed by atoms with Gasteiger partial charge in [-0.05, 0) is 13.0 Å². The molecule has 0 bridgehead atoms. The zero-order valence-corrected chi connectivity index (χ0v) is 5.67. The van der Waals surface area contributed by atoms with Gasteiger partial charge < -0.3 is 5.32 Å². The van der Waals surface area contributed by atoms with Crippen LogP contribution in [0.15, 0.2) is 0 Å². The summed E-state index contributed by atoms with van der Waals surface area (Å²) in [5, 5.41) is 3.11. The largest absolute Gasteiger partial charge is 0.308 e. The highest BCUT2D eigenvalue weighted by molar-refractivity contribution is 7.80. The molecule has 0 heterocycles. The first-order valence-corrected chi connectivity index (χ1v) is 3.36. The summed E-state index contributed by atoms with van der Waals surface area (Å²) in [7, 11) is 0. The number of rotatable bonds is 4. The van der Waals surface area contributed by atoms with Gasteiger partial charge in [0.15, 0.2) is 0 Å². The van der Waals surface area contributed by atoms with Crippen LogP contribution >= 0.6 is 12.6 Å². The van der Waals surface area contributed by atoms with Crippen molar-refractivity contribution in [1.29, 1.82) is 0 Å². The summed E-state index contributed by atoms with van der Waals surface area (Å²) in [5.41, 5.74) is 0. The summed E-state index contributed by atoms with van der Waals surface area (Å²) in [6, 6.07) is 0. The molecule has 0 amide bonds. The van der Waals surface area contributed by atoms with Crippen molar-refractivity contribution in [3.8, 4) is 0 Å². The van der Waals surface area contributed by atoms with Crippen LogP contribution in [-0.2, 0) is 0 Å². The normalized spacial score (nSPS) is 9.43. The van der Waals surface area contributed by atoms with E-state index < -0.39 is 0 Å². The van der Waals surface area contributed by atoms with Crippen LogP contribution in [-0.4, -0.2) is 12.4 Å². The highest BCUT2D eigenvalue weighted by atomic mass is 32.1. The van der Waals surface area contributed by atoms with Crippen LogP contribution in [0.3, 0.4) is 0 Å². The fourth-order valence-electron chi connectivity index (χ4n) is 0.381. The van der Waals surface area contributed by atoms with Crippen LogP contribution in [0.25, 0.3) is 0 Å². The number of thiol groups is 1. The van der Waals surface area contributed by atoms with E-state index >= 15 is 0 Å². The minimum Gasteiger partial charge on any atom is -0.308 e. The fraction of sp³-hybridized carbons (Fsp3) is 1.00. The van der Waals surface area contributed by atoms with Gasteiger partial charge in [-0.1, -0.05) is 13.3 Å². The van der Waals surface area contributed by atoms with Crippen molar-refractivity contribution in [2.75, 3.05) is 12.4 Å².